The molecule has 0 saturated heterocycles. The second kappa shape index (κ2) is 5.84. The molecule has 1 aromatic carbocycles. The van der Waals surface area contributed by atoms with Crippen molar-refractivity contribution in [3.8, 4) is 11.6 Å². The first-order valence-electron chi connectivity index (χ1n) is 5.62. The van der Waals surface area contributed by atoms with Crippen molar-refractivity contribution in [2.24, 2.45) is 0 Å². The zero-order chi connectivity index (χ0) is 14.0. The molecule has 2 aromatic rings. The average molecular weight is 346 g/mol. The normalized spacial score (nSPS) is 10.8. The van der Waals surface area contributed by atoms with Gasteiger partial charge in [-0.3, -0.25) is 0 Å². The Morgan fingerprint density at radius 2 is 2.05 bits per heavy atom. The fourth-order valence-corrected chi connectivity index (χ4v) is 2.26. The number of nitrogens with zero attached hydrogens (tertiary/aromatic N) is 2. The van der Waals surface area contributed by atoms with Crippen molar-refractivity contribution >= 4 is 27.5 Å². The van der Waals surface area contributed by atoms with Crippen molar-refractivity contribution in [3.05, 3.63) is 45.5 Å². The molecule has 0 N–H and O–H groups in total. The van der Waals surface area contributed by atoms with Crippen LogP contribution in [0.15, 0.2) is 29.0 Å². The topological polar surface area (TPSA) is 35.0 Å². The zero-order valence-corrected chi connectivity index (χ0v) is 12.7. The fraction of sp³-hybridized carbons (Fsp3) is 0.231. The third kappa shape index (κ3) is 3.22. The van der Waals surface area contributed by atoms with E-state index < -0.39 is 5.82 Å². The van der Waals surface area contributed by atoms with Crippen LogP contribution < -0.4 is 4.74 Å². The first-order valence-corrected chi connectivity index (χ1v) is 6.79. The van der Waals surface area contributed by atoms with E-state index in [1.54, 1.807) is 6.07 Å². The molecule has 2 rings (SSSR count). The maximum Gasteiger partial charge on any atom is 0.227 e. The highest BCUT2D eigenvalue weighted by Gasteiger charge is 2.16. The van der Waals surface area contributed by atoms with E-state index >= 15 is 0 Å². The SMILES string of the molecule is CC(C)c1c(Cl)ncnc1Oc1ccc(Br)cc1F. The third-order valence-corrected chi connectivity index (χ3v) is 3.27. The molecular weight excluding hydrogens is 335 g/mol. The van der Waals surface area contributed by atoms with Crippen LogP contribution in [0.4, 0.5) is 4.39 Å². The molecule has 0 unspecified atom stereocenters. The molecule has 0 aliphatic heterocycles. The molecule has 0 saturated carbocycles. The number of hydrogen-bond acceptors (Lipinski definition) is 3. The Morgan fingerprint density at radius 3 is 2.68 bits per heavy atom. The van der Waals surface area contributed by atoms with Crippen LogP contribution in [0, 0.1) is 5.82 Å². The summed E-state index contributed by atoms with van der Waals surface area (Å²) in [6, 6.07) is 4.54. The molecule has 6 heteroatoms. The summed E-state index contributed by atoms with van der Waals surface area (Å²) in [6.07, 6.45) is 1.29. The Labute approximate surface area is 123 Å². The van der Waals surface area contributed by atoms with E-state index in [1.807, 2.05) is 13.8 Å². The molecule has 0 radical (unpaired) electrons. The summed E-state index contributed by atoms with van der Waals surface area (Å²) in [5, 5.41) is 0.317. The molecule has 0 aliphatic rings. The lowest BCUT2D eigenvalue weighted by Crippen LogP contribution is -2.00. The Hall–Kier alpha value is -1.20. The van der Waals surface area contributed by atoms with E-state index in [0.717, 1.165) is 0 Å². The summed E-state index contributed by atoms with van der Waals surface area (Å²) in [6.45, 7) is 3.88. The van der Waals surface area contributed by atoms with Crippen LogP contribution in [0.25, 0.3) is 0 Å². The van der Waals surface area contributed by atoms with Gasteiger partial charge in [-0.2, -0.15) is 0 Å². The first-order chi connectivity index (χ1) is 8.99. The Kier molecular flexibility index (Phi) is 4.37. The van der Waals surface area contributed by atoms with Gasteiger partial charge < -0.3 is 4.74 Å². The van der Waals surface area contributed by atoms with E-state index in [0.29, 0.717) is 15.2 Å². The molecule has 100 valence electrons. The molecule has 19 heavy (non-hydrogen) atoms. The maximum absolute atomic E-state index is 13.7. The van der Waals surface area contributed by atoms with Gasteiger partial charge in [-0.15, -0.1) is 0 Å². The quantitative estimate of drug-likeness (QED) is 0.738. The molecule has 1 aromatic heterocycles. The number of ether oxygens (including phenoxy) is 1. The third-order valence-electron chi connectivity index (χ3n) is 2.48. The van der Waals surface area contributed by atoms with E-state index in [9.17, 15) is 4.39 Å². The van der Waals surface area contributed by atoms with Gasteiger partial charge in [0.2, 0.25) is 5.88 Å². The molecule has 0 aliphatic carbocycles. The number of benzene rings is 1. The zero-order valence-electron chi connectivity index (χ0n) is 10.3. The van der Waals surface area contributed by atoms with Crippen LogP contribution in [0.1, 0.15) is 25.3 Å². The highest BCUT2D eigenvalue weighted by Crippen LogP contribution is 2.33. The maximum atomic E-state index is 13.7. The summed E-state index contributed by atoms with van der Waals surface area (Å²) in [5.74, 6) is -0.0304. The Morgan fingerprint density at radius 1 is 1.32 bits per heavy atom. The van der Waals surface area contributed by atoms with Gasteiger partial charge in [0.05, 0.1) is 5.56 Å². The smallest absolute Gasteiger partial charge is 0.227 e. The standard InChI is InChI=1S/C13H11BrClFN2O/c1-7(2)11-12(15)17-6-18-13(11)19-10-4-3-8(14)5-9(10)16/h3-7H,1-2H3. The summed E-state index contributed by atoms with van der Waals surface area (Å²) in [5.41, 5.74) is 0.659. The predicted octanol–water partition coefficient (Wildman–Crippen LogP) is 4.95. The van der Waals surface area contributed by atoms with E-state index in [1.165, 1.54) is 18.5 Å². The second-order valence-electron chi connectivity index (χ2n) is 4.21. The van der Waals surface area contributed by atoms with Crippen molar-refractivity contribution in [1.82, 2.24) is 9.97 Å². The lowest BCUT2D eigenvalue weighted by molar-refractivity contribution is 0.419. The summed E-state index contributed by atoms with van der Waals surface area (Å²) >= 11 is 9.21. The molecule has 0 fully saturated rings. The monoisotopic (exact) mass is 344 g/mol. The molecule has 0 amide bonds. The lowest BCUT2D eigenvalue weighted by Gasteiger charge is -2.13. The minimum absolute atomic E-state index is 0.0715. The highest BCUT2D eigenvalue weighted by atomic mass is 79.9. The molecule has 1 heterocycles. The van der Waals surface area contributed by atoms with Crippen molar-refractivity contribution < 1.29 is 9.13 Å². The minimum Gasteiger partial charge on any atom is -0.435 e. The number of aromatic nitrogens is 2. The van der Waals surface area contributed by atoms with Crippen LogP contribution in [0.3, 0.4) is 0 Å². The van der Waals surface area contributed by atoms with Gasteiger partial charge in [0.15, 0.2) is 11.6 Å². The highest BCUT2D eigenvalue weighted by molar-refractivity contribution is 9.10. The van der Waals surface area contributed by atoms with Gasteiger partial charge in [0.25, 0.3) is 0 Å². The van der Waals surface area contributed by atoms with Crippen molar-refractivity contribution in [2.75, 3.05) is 0 Å². The van der Waals surface area contributed by atoms with E-state index in [-0.39, 0.29) is 17.5 Å². The Balaban J connectivity index is 2.41. The summed E-state index contributed by atoms with van der Waals surface area (Å²) in [7, 11) is 0. The molecule has 0 atom stereocenters. The first kappa shape index (κ1) is 14.2. The molecule has 0 spiro atoms. The molecule has 3 nitrogen and oxygen atoms in total. The van der Waals surface area contributed by atoms with Crippen LogP contribution in [0.5, 0.6) is 11.6 Å². The molecular formula is C13H11BrClFN2O. The lowest BCUT2D eigenvalue weighted by atomic mass is 10.1. The van der Waals surface area contributed by atoms with Gasteiger partial charge >= 0.3 is 0 Å². The summed E-state index contributed by atoms with van der Waals surface area (Å²) in [4.78, 5) is 7.94. The van der Waals surface area contributed by atoms with Gasteiger partial charge in [-0.25, -0.2) is 14.4 Å². The predicted molar refractivity (Wildman–Crippen MR) is 75.3 cm³/mol. The molecule has 0 bridgehead atoms. The van der Waals surface area contributed by atoms with Gasteiger partial charge in [0.1, 0.15) is 11.5 Å². The van der Waals surface area contributed by atoms with E-state index in [2.05, 4.69) is 25.9 Å². The van der Waals surface area contributed by atoms with Crippen molar-refractivity contribution in [2.45, 2.75) is 19.8 Å². The average Bonchev–Trinajstić information content (AvgIpc) is 2.32. The number of halogens is 3. The van der Waals surface area contributed by atoms with E-state index in [4.69, 9.17) is 16.3 Å². The largest absolute Gasteiger partial charge is 0.435 e. The van der Waals surface area contributed by atoms with Crippen molar-refractivity contribution in [1.29, 1.82) is 0 Å². The number of hydrogen-bond donors (Lipinski definition) is 0. The van der Waals surface area contributed by atoms with Gasteiger partial charge in [-0.1, -0.05) is 41.4 Å². The minimum atomic E-state index is -0.473. The van der Waals surface area contributed by atoms with Crippen LogP contribution in [0.2, 0.25) is 5.15 Å². The summed E-state index contributed by atoms with van der Waals surface area (Å²) < 4.78 is 19.9. The van der Waals surface area contributed by atoms with Crippen LogP contribution in [-0.2, 0) is 0 Å². The van der Waals surface area contributed by atoms with Crippen LogP contribution >= 0.6 is 27.5 Å². The number of rotatable bonds is 3. The van der Waals surface area contributed by atoms with Crippen molar-refractivity contribution in [3.63, 3.8) is 0 Å². The second-order valence-corrected chi connectivity index (χ2v) is 5.49. The fourth-order valence-electron chi connectivity index (χ4n) is 1.59. The Bertz CT molecular complexity index is 607. The van der Waals surface area contributed by atoms with Gasteiger partial charge in [-0.05, 0) is 24.1 Å². The van der Waals surface area contributed by atoms with Gasteiger partial charge in [0, 0.05) is 4.47 Å². The van der Waals surface area contributed by atoms with Crippen LogP contribution in [-0.4, -0.2) is 9.97 Å².